The zero-order valence-electron chi connectivity index (χ0n) is 21.4. The average Bonchev–Trinajstić information content (AvgIpc) is 3.32. The third kappa shape index (κ3) is 6.38. The maximum atomic E-state index is 13.3. The number of hydrogen-bond donors (Lipinski definition) is 2. The first-order chi connectivity index (χ1) is 17.8. The summed E-state index contributed by atoms with van der Waals surface area (Å²) in [5, 5.41) is 10.6. The first-order valence-corrected chi connectivity index (χ1v) is 12.6. The molecule has 0 saturated carbocycles. The van der Waals surface area contributed by atoms with E-state index >= 15 is 0 Å². The van der Waals surface area contributed by atoms with Gasteiger partial charge in [-0.3, -0.25) is 19.4 Å². The second-order valence-corrected chi connectivity index (χ2v) is 9.54. The Morgan fingerprint density at radius 3 is 2.51 bits per heavy atom. The fraction of sp³-hybridized carbons (Fsp3) is 0.407. The van der Waals surface area contributed by atoms with Crippen molar-refractivity contribution in [3.05, 3.63) is 66.2 Å². The Hall–Kier alpha value is -4.08. The first-order valence-electron chi connectivity index (χ1n) is 12.6. The van der Waals surface area contributed by atoms with E-state index in [1.165, 1.54) is 0 Å². The molecule has 0 fully saturated rings. The predicted molar refractivity (Wildman–Crippen MR) is 138 cm³/mol. The molecule has 2 atom stereocenters. The van der Waals surface area contributed by atoms with Gasteiger partial charge in [0.2, 0.25) is 11.8 Å². The van der Waals surface area contributed by atoms with E-state index in [4.69, 9.17) is 10.1 Å². The summed E-state index contributed by atoms with van der Waals surface area (Å²) >= 11 is 0. The highest BCUT2D eigenvalue weighted by molar-refractivity contribution is 5.94. The van der Waals surface area contributed by atoms with Crippen LogP contribution in [-0.4, -0.2) is 61.5 Å². The summed E-state index contributed by atoms with van der Waals surface area (Å²) in [7, 11) is 0. The van der Waals surface area contributed by atoms with Gasteiger partial charge in [-0.1, -0.05) is 44.2 Å². The van der Waals surface area contributed by atoms with Crippen LogP contribution in [0, 0.1) is 5.92 Å². The lowest BCUT2D eigenvalue weighted by atomic mass is 10.0. The van der Waals surface area contributed by atoms with Crippen molar-refractivity contribution in [3.8, 4) is 11.4 Å². The quantitative estimate of drug-likeness (QED) is 0.567. The fourth-order valence-corrected chi connectivity index (χ4v) is 4.28. The van der Waals surface area contributed by atoms with Gasteiger partial charge in [-0.15, -0.1) is 0 Å². The third-order valence-corrected chi connectivity index (χ3v) is 6.35. The van der Waals surface area contributed by atoms with Gasteiger partial charge in [-0.05, 0) is 31.4 Å². The summed E-state index contributed by atoms with van der Waals surface area (Å²) in [5.41, 5.74) is 1.34. The second kappa shape index (κ2) is 11.8. The molecule has 0 unspecified atom stereocenters. The number of benzene rings is 1. The normalized spacial score (nSPS) is 19.5. The maximum absolute atomic E-state index is 13.3. The largest absolute Gasteiger partial charge is 0.345 e. The molecule has 3 heterocycles. The molecule has 10 heteroatoms. The molecule has 1 aliphatic heterocycles. The molecule has 0 saturated heterocycles. The monoisotopic (exact) mass is 503 g/mol. The number of fused-ring (bicyclic) bond motifs is 1. The molecular formula is C27H33N7O3. The van der Waals surface area contributed by atoms with Crippen molar-refractivity contribution in [2.24, 2.45) is 5.92 Å². The SMILES string of the molecule is CC(C)[C@@H]1NC(=O)[C@@H](C)NC(=O)CCCN(C(=O)c2cccnc2)CCn2nc(-c3ccccc3)nc21. The van der Waals surface area contributed by atoms with Gasteiger partial charge < -0.3 is 15.5 Å². The van der Waals surface area contributed by atoms with Crippen LogP contribution in [0.15, 0.2) is 54.9 Å². The van der Waals surface area contributed by atoms with Crippen molar-refractivity contribution >= 4 is 17.7 Å². The maximum Gasteiger partial charge on any atom is 0.255 e. The fourth-order valence-electron chi connectivity index (χ4n) is 4.28. The molecule has 2 N–H and O–H groups in total. The molecule has 1 aliphatic rings. The lowest BCUT2D eigenvalue weighted by Crippen LogP contribution is -2.47. The number of carbonyl (C=O) groups excluding carboxylic acids is 3. The van der Waals surface area contributed by atoms with E-state index < -0.39 is 12.1 Å². The number of carbonyl (C=O) groups is 3. The predicted octanol–water partition coefficient (Wildman–Crippen LogP) is 2.59. The van der Waals surface area contributed by atoms with Crippen molar-refractivity contribution in [1.82, 2.24) is 35.3 Å². The Morgan fingerprint density at radius 2 is 1.81 bits per heavy atom. The van der Waals surface area contributed by atoms with E-state index in [0.29, 0.717) is 43.3 Å². The number of nitrogens with zero attached hydrogens (tertiary/aromatic N) is 5. The Labute approximate surface area is 216 Å². The second-order valence-electron chi connectivity index (χ2n) is 9.54. The molecule has 3 aromatic rings. The first kappa shape index (κ1) is 26.0. The molecule has 0 spiro atoms. The summed E-state index contributed by atoms with van der Waals surface area (Å²) in [5.74, 6) is 0.474. The number of aromatic nitrogens is 4. The molecular weight excluding hydrogens is 470 g/mol. The molecule has 37 heavy (non-hydrogen) atoms. The van der Waals surface area contributed by atoms with Crippen molar-refractivity contribution in [3.63, 3.8) is 0 Å². The van der Waals surface area contributed by atoms with E-state index in [2.05, 4.69) is 15.6 Å². The minimum atomic E-state index is -0.713. The third-order valence-electron chi connectivity index (χ3n) is 6.35. The van der Waals surface area contributed by atoms with Gasteiger partial charge in [0.1, 0.15) is 6.04 Å². The Bertz CT molecular complexity index is 1230. The van der Waals surface area contributed by atoms with Crippen LogP contribution in [0.2, 0.25) is 0 Å². The van der Waals surface area contributed by atoms with Crippen molar-refractivity contribution in [2.45, 2.75) is 52.2 Å². The molecule has 0 aliphatic carbocycles. The minimum Gasteiger partial charge on any atom is -0.345 e. The summed E-state index contributed by atoms with van der Waals surface area (Å²) < 4.78 is 1.78. The molecule has 1 aromatic carbocycles. The smallest absolute Gasteiger partial charge is 0.255 e. The van der Waals surface area contributed by atoms with Crippen molar-refractivity contribution in [2.75, 3.05) is 13.1 Å². The molecule has 194 valence electrons. The summed E-state index contributed by atoms with van der Waals surface area (Å²) in [6.07, 6.45) is 3.83. The van der Waals surface area contributed by atoms with Crippen LogP contribution in [0.4, 0.5) is 0 Å². The molecule has 10 nitrogen and oxygen atoms in total. The zero-order valence-corrected chi connectivity index (χ0v) is 21.4. The average molecular weight is 504 g/mol. The Morgan fingerprint density at radius 1 is 1.03 bits per heavy atom. The van der Waals surface area contributed by atoms with Gasteiger partial charge in [-0.2, -0.15) is 5.10 Å². The topological polar surface area (TPSA) is 122 Å². The van der Waals surface area contributed by atoms with Gasteiger partial charge in [0, 0.05) is 37.5 Å². The summed E-state index contributed by atoms with van der Waals surface area (Å²) in [6.45, 7) is 6.77. The van der Waals surface area contributed by atoms with Crippen molar-refractivity contribution in [1.29, 1.82) is 0 Å². The minimum absolute atomic E-state index is 0.000501. The number of nitrogens with one attached hydrogen (secondary N) is 2. The molecule has 0 radical (unpaired) electrons. The van der Waals surface area contributed by atoms with Crippen LogP contribution in [0.25, 0.3) is 11.4 Å². The van der Waals surface area contributed by atoms with Crippen molar-refractivity contribution < 1.29 is 14.4 Å². The van der Waals surface area contributed by atoms with Gasteiger partial charge in [-0.25, -0.2) is 9.67 Å². The lowest BCUT2D eigenvalue weighted by Gasteiger charge is -2.27. The van der Waals surface area contributed by atoms with Crippen LogP contribution >= 0.6 is 0 Å². The highest BCUT2D eigenvalue weighted by Crippen LogP contribution is 2.24. The van der Waals surface area contributed by atoms with Gasteiger partial charge in [0.15, 0.2) is 11.6 Å². The van der Waals surface area contributed by atoms with E-state index in [9.17, 15) is 14.4 Å². The highest BCUT2D eigenvalue weighted by Gasteiger charge is 2.29. The molecule has 3 amide bonds. The van der Waals surface area contributed by atoms with Crippen LogP contribution in [0.1, 0.15) is 55.8 Å². The number of hydrogen-bond acceptors (Lipinski definition) is 6. The van der Waals surface area contributed by atoms with Crippen LogP contribution in [-0.2, 0) is 16.1 Å². The zero-order chi connectivity index (χ0) is 26.4. The van der Waals surface area contributed by atoms with Gasteiger partial charge in [0.25, 0.3) is 5.91 Å². The van der Waals surface area contributed by atoms with E-state index in [-0.39, 0.29) is 30.1 Å². The van der Waals surface area contributed by atoms with Gasteiger partial charge in [0.05, 0.1) is 18.2 Å². The summed E-state index contributed by atoms with van der Waals surface area (Å²) in [4.78, 5) is 49.4. The molecule has 2 aromatic heterocycles. The number of rotatable bonds is 3. The van der Waals surface area contributed by atoms with Crippen LogP contribution in [0.5, 0.6) is 0 Å². The standard InChI is InChI=1S/C27H33N7O3/c1-18(2)23-25-31-24(20-9-5-4-6-10-20)32-34(25)16-15-33(27(37)21-11-7-13-28-17-21)14-8-12-22(35)29-19(3)26(36)30-23/h4-7,9-11,13,17-19,23H,8,12,14-16H2,1-3H3,(H,29,35)(H,30,36)/t19-,23+/m1/s1. The van der Waals surface area contributed by atoms with E-state index in [1.54, 1.807) is 41.0 Å². The summed E-state index contributed by atoms with van der Waals surface area (Å²) in [6, 6.07) is 11.9. The number of amides is 3. The van der Waals surface area contributed by atoms with Crippen LogP contribution < -0.4 is 10.6 Å². The Balaban J connectivity index is 1.72. The highest BCUT2D eigenvalue weighted by atomic mass is 16.2. The van der Waals surface area contributed by atoms with E-state index in [0.717, 1.165) is 5.56 Å². The lowest BCUT2D eigenvalue weighted by molar-refractivity contribution is -0.129. The van der Waals surface area contributed by atoms with E-state index in [1.807, 2.05) is 44.2 Å². The molecule has 0 bridgehead atoms. The van der Waals surface area contributed by atoms with Crippen LogP contribution in [0.3, 0.4) is 0 Å². The molecule has 4 rings (SSSR count). The number of pyridine rings is 1. The van der Waals surface area contributed by atoms with Gasteiger partial charge >= 0.3 is 0 Å². The Kier molecular flexibility index (Phi) is 8.27.